The SMILES string of the molecule is COc1ccc(C(=O)C(c2ccccc2)C(SCCN)c2ccc(OC)c(OC)c2)c(OC)c1. The Morgan fingerprint density at radius 3 is 2.12 bits per heavy atom. The number of carbonyl (C=O) groups excluding carboxylic acids is 1. The van der Waals surface area contributed by atoms with Crippen LogP contribution in [0.4, 0.5) is 0 Å². The van der Waals surface area contributed by atoms with Gasteiger partial charge in [-0.05, 0) is 35.4 Å². The number of ketones is 1. The third kappa shape index (κ3) is 5.66. The first kappa shape index (κ1) is 25.5. The number of benzene rings is 3. The molecule has 2 atom stereocenters. The third-order valence-electron chi connectivity index (χ3n) is 5.57. The lowest BCUT2D eigenvalue weighted by Gasteiger charge is -2.28. The number of carbonyl (C=O) groups is 1. The van der Waals surface area contributed by atoms with Crippen LogP contribution >= 0.6 is 11.8 Å². The van der Waals surface area contributed by atoms with E-state index >= 15 is 0 Å². The lowest BCUT2D eigenvalue weighted by molar-refractivity contribution is 0.0954. The fraction of sp³-hybridized carbons (Fsp3) is 0.296. The van der Waals surface area contributed by atoms with Gasteiger partial charge in [0.25, 0.3) is 0 Å². The zero-order valence-corrected chi connectivity index (χ0v) is 20.8. The van der Waals surface area contributed by atoms with Crippen LogP contribution in [-0.4, -0.2) is 46.5 Å². The molecule has 0 saturated carbocycles. The van der Waals surface area contributed by atoms with Crippen molar-refractivity contribution in [1.29, 1.82) is 0 Å². The van der Waals surface area contributed by atoms with Crippen molar-refractivity contribution in [1.82, 2.24) is 0 Å². The van der Waals surface area contributed by atoms with Gasteiger partial charge in [-0.25, -0.2) is 0 Å². The van der Waals surface area contributed by atoms with Crippen molar-refractivity contribution in [3.63, 3.8) is 0 Å². The Balaban J connectivity index is 2.17. The molecule has 0 amide bonds. The molecule has 0 bridgehead atoms. The Hall–Kier alpha value is -3.16. The van der Waals surface area contributed by atoms with E-state index in [1.807, 2.05) is 48.5 Å². The Labute approximate surface area is 205 Å². The van der Waals surface area contributed by atoms with E-state index in [2.05, 4.69) is 0 Å². The maximum Gasteiger partial charge on any atom is 0.175 e. The summed E-state index contributed by atoms with van der Waals surface area (Å²) in [5, 5.41) is -0.218. The molecule has 0 radical (unpaired) electrons. The molecule has 2 N–H and O–H groups in total. The second kappa shape index (κ2) is 12.3. The van der Waals surface area contributed by atoms with Crippen LogP contribution in [-0.2, 0) is 0 Å². The van der Waals surface area contributed by atoms with E-state index in [9.17, 15) is 4.79 Å². The van der Waals surface area contributed by atoms with Gasteiger partial charge in [0.1, 0.15) is 11.5 Å². The first-order chi connectivity index (χ1) is 16.6. The van der Waals surface area contributed by atoms with Gasteiger partial charge in [0, 0.05) is 23.6 Å². The molecule has 0 aliphatic carbocycles. The van der Waals surface area contributed by atoms with Crippen molar-refractivity contribution < 1.29 is 23.7 Å². The van der Waals surface area contributed by atoms with Crippen LogP contribution in [0.1, 0.15) is 32.7 Å². The summed E-state index contributed by atoms with van der Waals surface area (Å²) in [6, 6.07) is 20.8. The molecule has 0 aromatic heterocycles. The quantitative estimate of drug-likeness (QED) is 0.360. The topological polar surface area (TPSA) is 80.0 Å². The van der Waals surface area contributed by atoms with Gasteiger partial charge in [-0.1, -0.05) is 36.4 Å². The summed E-state index contributed by atoms with van der Waals surface area (Å²) in [6.45, 7) is 0.496. The third-order valence-corrected chi connectivity index (χ3v) is 6.94. The molecule has 6 nitrogen and oxygen atoms in total. The monoisotopic (exact) mass is 481 g/mol. The molecule has 0 aliphatic rings. The van der Waals surface area contributed by atoms with Crippen molar-refractivity contribution in [2.75, 3.05) is 40.7 Å². The maximum atomic E-state index is 14.2. The summed E-state index contributed by atoms with van der Waals surface area (Å²) in [6.07, 6.45) is 0. The first-order valence-electron chi connectivity index (χ1n) is 10.9. The number of methoxy groups -OCH3 is 4. The second-order valence-electron chi connectivity index (χ2n) is 7.51. The average molecular weight is 482 g/mol. The summed E-state index contributed by atoms with van der Waals surface area (Å²) in [4.78, 5) is 14.2. The summed E-state index contributed by atoms with van der Waals surface area (Å²) < 4.78 is 21.8. The summed E-state index contributed by atoms with van der Waals surface area (Å²) in [7, 11) is 6.34. The van der Waals surface area contributed by atoms with Gasteiger partial charge >= 0.3 is 0 Å². The van der Waals surface area contributed by atoms with E-state index in [0.29, 0.717) is 40.9 Å². The van der Waals surface area contributed by atoms with Crippen LogP contribution in [0.25, 0.3) is 0 Å². The van der Waals surface area contributed by atoms with Crippen LogP contribution in [0.15, 0.2) is 66.7 Å². The van der Waals surface area contributed by atoms with Crippen LogP contribution < -0.4 is 24.7 Å². The molecular formula is C27H31NO5S. The van der Waals surface area contributed by atoms with Crippen LogP contribution in [0.2, 0.25) is 0 Å². The lowest BCUT2D eigenvalue weighted by Crippen LogP contribution is -2.21. The predicted octanol–water partition coefficient (Wildman–Crippen LogP) is 5.12. The van der Waals surface area contributed by atoms with Crippen LogP contribution in [0.3, 0.4) is 0 Å². The largest absolute Gasteiger partial charge is 0.497 e. The van der Waals surface area contributed by atoms with Gasteiger partial charge in [0.05, 0.1) is 39.9 Å². The fourth-order valence-corrected chi connectivity index (χ4v) is 5.11. The molecule has 0 fully saturated rings. The van der Waals surface area contributed by atoms with Crippen LogP contribution in [0.5, 0.6) is 23.0 Å². The molecule has 3 rings (SSSR count). The second-order valence-corrected chi connectivity index (χ2v) is 8.76. The Morgan fingerprint density at radius 2 is 1.50 bits per heavy atom. The van der Waals surface area contributed by atoms with E-state index < -0.39 is 5.92 Å². The molecule has 7 heteroatoms. The fourth-order valence-electron chi connectivity index (χ4n) is 3.90. The minimum Gasteiger partial charge on any atom is -0.497 e. The standard InChI is InChI=1S/C27H31NO5S/c1-30-20-11-12-21(23(17-20)32-3)26(29)25(18-8-6-5-7-9-18)27(34-15-14-28)19-10-13-22(31-2)24(16-19)33-4/h5-13,16-17,25,27H,14-15,28H2,1-4H3. The molecule has 0 spiro atoms. The van der Waals surface area contributed by atoms with E-state index in [4.69, 9.17) is 24.7 Å². The van der Waals surface area contributed by atoms with Gasteiger partial charge in [0.2, 0.25) is 0 Å². The summed E-state index contributed by atoms with van der Waals surface area (Å²) >= 11 is 1.65. The molecule has 34 heavy (non-hydrogen) atoms. The highest BCUT2D eigenvalue weighted by Gasteiger charge is 2.34. The summed E-state index contributed by atoms with van der Waals surface area (Å²) in [5.41, 5.74) is 8.23. The van der Waals surface area contributed by atoms with Crippen molar-refractivity contribution in [2.45, 2.75) is 11.2 Å². The number of thioether (sulfide) groups is 1. The molecule has 2 unspecified atom stereocenters. The van der Waals surface area contributed by atoms with Crippen molar-refractivity contribution in [3.8, 4) is 23.0 Å². The Kier molecular flexibility index (Phi) is 9.24. The normalized spacial score (nSPS) is 12.5. The highest BCUT2D eigenvalue weighted by Crippen LogP contribution is 2.46. The highest BCUT2D eigenvalue weighted by atomic mass is 32.2. The predicted molar refractivity (Wildman–Crippen MR) is 137 cm³/mol. The van der Waals surface area contributed by atoms with Crippen molar-refractivity contribution in [3.05, 3.63) is 83.4 Å². The van der Waals surface area contributed by atoms with E-state index in [0.717, 1.165) is 11.1 Å². The molecule has 0 saturated heterocycles. The molecular weight excluding hydrogens is 450 g/mol. The molecule has 0 aliphatic heterocycles. The summed E-state index contributed by atoms with van der Waals surface area (Å²) in [5.74, 6) is 2.50. The minimum absolute atomic E-state index is 0.0463. The van der Waals surface area contributed by atoms with Gasteiger partial charge in [-0.2, -0.15) is 11.8 Å². The van der Waals surface area contributed by atoms with E-state index in [1.165, 1.54) is 0 Å². The zero-order valence-electron chi connectivity index (χ0n) is 19.9. The molecule has 3 aromatic rings. The van der Waals surface area contributed by atoms with Crippen molar-refractivity contribution in [2.24, 2.45) is 5.73 Å². The van der Waals surface area contributed by atoms with Gasteiger partial charge in [-0.3, -0.25) is 4.79 Å². The number of hydrogen-bond acceptors (Lipinski definition) is 7. The lowest BCUT2D eigenvalue weighted by atomic mass is 9.84. The van der Waals surface area contributed by atoms with Gasteiger partial charge in [-0.15, -0.1) is 0 Å². The average Bonchev–Trinajstić information content (AvgIpc) is 2.90. The molecule has 3 aromatic carbocycles. The minimum atomic E-state index is -0.488. The Bertz CT molecular complexity index is 1090. The van der Waals surface area contributed by atoms with Crippen LogP contribution in [0, 0.1) is 0 Å². The van der Waals surface area contributed by atoms with E-state index in [-0.39, 0.29) is 11.0 Å². The Morgan fingerprint density at radius 1 is 0.794 bits per heavy atom. The van der Waals surface area contributed by atoms with Gasteiger partial charge in [0.15, 0.2) is 17.3 Å². The maximum absolute atomic E-state index is 14.2. The first-order valence-corrected chi connectivity index (χ1v) is 12.0. The number of rotatable bonds is 12. The number of ether oxygens (including phenoxy) is 4. The molecule has 180 valence electrons. The zero-order chi connectivity index (χ0) is 24.5. The van der Waals surface area contributed by atoms with Gasteiger partial charge < -0.3 is 24.7 Å². The highest BCUT2D eigenvalue weighted by molar-refractivity contribution is 7.99. The number of hydrogen-bond donors (Lipinski definition) is 1. The number of nitrogens with two attached hydrogens (primary N) is 1. The number of Topliss-reactive ketones (excluding diaryl/α,β-unsaturated/α-hetero) is 1. The smallest absolute Gasteiger partial charge is 0.175 e. The van der Waals surface area contributed by atoms with Crippen molar-refractivity contribution >= 4 is 17.5 Å². The molecule has 0 heterocycles. The van der Waals surface area contributed by atoms with E-state index in [1.54, 1.807) is 58.4 Å².